The van der Waals surface area contributed by atoms with Crippen molar-refractivity contribution in [2.45, 2.75) is 51.2 Å². The smallest absolute Gasteiger partial charge is 0.302 e. The van der Waals surface area contributed by atoms with E-state index in [9.17, 15) is 9.18 Å². The van der Waals surface area contributed by atoms with Crippen LogP contribution in [0.3, 0.4) is 0 Å². The molecule has 0 saturated heterocycles. The maximum Gasteiger partial charge on any atom is 0.302 e. The molecule has 1 heterocycles. The monoisotopic (exact) mass is 411 g/mol. The summed E-state index contributed by atoms with van der Waals surface area (Å²) in [6.45, 7) is 3.89. The first kappa shape index (κ1) is 20.4. The van der Waals surface area contributed by atoms with Gasteiger partial charge in [0.1, 0.15) is 11.9 Å². The van der Waals surface area contributed by atoms with Crippen LogP contribution < -0.4 is 9.47 Å². The average Bonchev–Trinajstić information content (AvgIpc) is 2.72. The minimum atomic E-state index is -0.296. The Balaban J connectivity index is 1.83. The highest BCUT2D eigenvalue weighted by Gasteiger charge is 2.38. The highest BCUT2D eigenvalue weighted by atomic mass is 19.1. The maximum atomic E-state index is 14.0. The SMILES string of the molecule is CCOc1cc2c(cc1OC)C(c1cccc(F)c1)=NC1CCC(OC(C)=O)CC21. The van der Waals surface area contributed by atoms with Crippen LogP contribution in [0.1, 0.15) is 55.7 Å². The molecule has 1 fully saturated rings. The van der Waals surface area contributed by atoms with Gasteiger partial charge in [0.25, 0.3) is 0 Å². The van der Waals surface area contributed by atoms with Gasteiger partial charge in [-0.1, -0.05) is 12.1 Å². The van der Waals surface area contributed by atoms with Gasteiger partial charge < -0.3 is 14.2 Å². The van der Waals surface area contributed by atoms with Gasteiger partial charge in [-0.25, -0.2) is 4.39 Å². The highest BCUT2D eigenvalue weighted by Crippen LogP contribution is 2.45. The van der Waals surface area contributed by atoms with Crippen LogP contribution in [-0.4, -0.2) is 37.5 Å². The summed E-state index contributed by atoms with van der Waals surface area (Å²) in [6.07, 6.45) is 2.15. The number of fused-ring (bicyclic) bond motifs is 3. The molecular weight excluding hydrogens is 385 g/mol. The van der Waals surface area contributed by atoms with Crippen LogP contribution in [0.2, 0.25) is 0 Å². The number of rotatable bonds is 5. The number of ether oxygens (including phenoxy) is 3. The number of methoxy groups -OCH3 is 1. The Hall–Kier alpha value is -2.89. The van der Waals surface area contributed by atoms with Crippen LogP contribution in [0.4, 0.5) is 4.39 Å². The zero-order valence-electron chi connectivity index (χ0n) is 17.5. The molecule has 2 aromatic carbocycles. The Morgan fingerprint density at radius 1 is 1.20 bits per heavy atom. The molecular formula is C24H26FNO4. The summed E-state index contributed by atoms with van der Waals surface area (Å²) in [5.74, 6) is 0.831. The first-order valence-corrected chi connectivity index (χ1v) is 10.4. The minimum Gasteiger partial charge on any atom is -0.493 e. The fraction of sp³-hybridized carbons (Fsp3) is 0.417. The van der Waals surface area contributed by atoms with Crippen LogP contribution in [-0.2, 0) is 9.53 Å². The molecule has 0 bridgehead atoms. The molecule has 6 heteroatoms. The Morgan fingerprint density at radius 2 is 2.03 bits per heavy atom. The molecule has 1 aliphatic heterocycles. The van der Waals surface area contributed by atoms with E-state index in [1.54, 1.807) is 13.2 Å². The van der Waals surface area contributed by atoms with Crippen LogP contribution in [0.5, 0.6) is 11.5 Å². The van der Waals surface area contributed by atoms with Crippen molar-refractivity contribution in [3.05, 3.63) is 58.9 Å². The molecule has 4 rings (SSSR count). The van der Waals surface area contributed by atoms with E-state index in [4.69, 9.17) is 19.2 Å². The van der Waals surface area contributed by atoms with Crippen molar-refractivity contribution >= 4 is 11.7 Å². The van der Waals surface area contributed by atoms with E-state index in [1.165, 1.54) is 19.1 Å². The molecule has 0 N–H and O–H groups in total. The molecule has 30 heavy (non-hydrogen) atoms. The topological polar surface area (TPSA) is 57.1 Å². The van der Waals surface area contributed by atoms with Gasteiger partial charge in [0, 0.05) is 24.0 Å². The number of aliphatic imine (C=N–C) groups is 1. The summed E-state index contributed by atoms with van der Waals surface area (Å²) in [4.78, 5) is 16.5. The number of carbonyl (C=O) groups excluding carboxylic acids is 1. The van der Waals surface area contributed by atoms with E-state index < -0.39 is 0 Å². The summed E-state index contributed by atoms with van der Waals surface area (Å²) in [7, 11) is 1.60. The molecule has 2 aliphatic rings. The Morgan fingerprint density at radius 3 is 2.73 bits per heavy atom. The minimum absolute atomic E-state index is 0.0467. The lowest BCUT2D eigenvalue weighted by atomic mass is 9.74. The molecule has 0 spiro atoms. The number of hydrogen-bond donors (Lipinski definition) is 0. The third-order valence-electron chi connectivity index (χ3n) is 5.78. The van der Waals surface area contributed by atoms with E-state index in [2.05, 4.69) is 0 Å². The normalized spacial score (nSPS) is 22.4. The largest absolute Gasteiger partial charge is 0.493 e. The predicted molar refractivity (Wildman–Crippen MR) is 112 cm³/mol. The lowest BCUT2D eigenvalue weighted by Crippen LogP contribution is -2.36. The third-order valence-corrected chi connectivity index (χ3v) is 5.78. The number of halogens is 1. The molecule has 158 valence electrons. The van der Waals surface area contributed by atoms with Gasteiger partial charge in [-0.15, -0.1) is 0 Å². The van der Waals surface area contributed by atoms with Crippen molar-refractivity contribution in [1.29, 1.82) is 0 Å². The Kier molecular flexibility index (Phi) is 5.75. The van der Waals surface area contributed by atoms with Gasteiger partial charge in [0.15, 0.2) is 11.5 Å². The summed E-state index contributed by atoms with van der Waals surface area (Å²) < 4.78 is 30.9. The van der Waals surface area contributed by atoms with Gasteiger partial charge in [-0.3, -0.25) is 9.79 Å². The van der Waals surface area contributed by atoms with Crippen LogP contribution >= 0.6 is 0 Å². The molecule has 0 aromatic heterocycles. The van der Waals surface area contributed by atoms with Gasteiger partial charge in [-0.05, 0) is 56.0 Å². The number of hydrogen-bond acceptors (Lipinski definition) is 5. The van der Waals surface area contributed by atoms with E-state index in [1.807, 2.05) is 25.1 Å². The van der Waals surface area contributed by atoms with Crippen molar-refractivity contribution in [1.82, 2.24) is 0 Å². The second kappa shape index (κ2) is 8.46. The van der Waals surface area contributed by atoms with Crippen molar-refractivity contribution < 1.29 is 23.4 Å². The molecule has 0 amide bonds. The van der Waals surface area contributed by atoms with Crippen molar-refractivity contribution in [3.63, 3.8) is 0 Å². The standard InChI is InChI=1S/C24H26FNO4/c1-4-29-23-12-18-19-11-17(30-14(2)27)8-9-21(19)26-24(20(18)13-22(23)28-3)15-6-5-7-16(25)10-15/h5-7,10,12-13,17,19,21H,4,8-9,11H2,1-3H3. The predicted octanol–water partition coefficient (Wildman–Crippen LogP) is 4.65. The number of nitrogens with zero attached hydrogens (tertiary/aromatic N) is 1. The van der Waals surface area contributed by atoms with E-state index in [0.29, 0.717) is 24.5 Å². The summed E-state index contributed by atoms with van der Waals surface area (Å²) >= 11 is 0. The maximum absolute atomic E-state index is 14.0. The van der Waals surface area contributed by atoms with Crippen LogP contribution in [0.25, 0.3) is 0 Å². The van der Waals surface area contributed by atoms with Crippen LogP contribution in [0.15, 0.2) is 41.4 Å². The van der Waals surface area contributed by atoms with Gasteiger partial charge in [-0.2, -0.15) is 0 Å². The quantitative estimate of drug-likeness (QED) is 0.672. The molecule has 1 aliphatic carbocycles. The van der Waals surface area contributed by atoms with E-state index in [0.717, 1.165) is 35.2 Å². The van der Waals surface area contributed by atoms with Gasteiger partial charge in [0.05, 0.1) is 25.5 Å². The Labute approximate surface area is 175 Å². The number of esters is 1. The second-order valence-corrected chi connectivity index (χ2v) is 7.73. The first-order valence-electron chi connectivity index (χ1n) is 10.4. The van der Waals surface area contributed by atoms with E-state index in [-0.39, 0.29) is 29.9 Å². The summed E-state index contributed by atoms with van der Waals surface area (Å²) in [5, 5.41) is 0. The van der Waals surface area contributed by atoms with E-state index >= 15 is 0 Å². The third kappa shape index (κ3) is 3.91. The fourth-order valence-corrected chi connectivity index (χ4v) is 4.56. The molecule has 3 unspecified atom stereocenters. The van der Waals surface area contributed by atoms with Crippen molar-refractivity contribution in [2.75, 3.05) is 13.7 Å². The van der Waals surface area contributed by atoms with Gasteiger partial charge >= 0.3 is 5.97 Å². The van der Waals surface area contributed by atoms with Crippen LogP contribution in [0, 0.1) is 5.82 Å². The molecule has 5 nitrogen and oxygen atoms in total. The summed E-state index contributed by atoms with van der Waals surface area (Å²) in [5.41, 5.74) is 3.49. The number of benzene rings is 2. The first-order chi connectivity index (χ1) is 14.5. The molecule has 2 aromatic rings. The van der Waals surface area contributed by atoms with Crippen molar-refractivity contribution in [3.8, 4) is 11.5 Å². The Bertz CT molecular complexity index is 987. The summed E-state index contributed by atoms with van der Waals surface area (Å²) in [6, 6.07) is 10.5. The lowest BCUT2D eigenvalue weighted by molar-refractivity contribution is -0.148. The fourth-order valence-electron chi connectivity index (χ4n) is 4.56. The zero-order chi connectivity index (χ0) is 21.3. The zero-order valence-corrected chi connectivity index (χ0v) is 17.5. The van der Waals surface area contributed by atoms with Gasteiger partial charge in [0.2, 0.25) is 0 Å². The second-order valence-electron chi connectivity index (χ2n) is 7.73. The molecule has 0 radical (unpaired) electrons. The number of carbonyl (C=O) groups is 1. The highest BCUT2D eigenvalue weighted by molar-refractivity contribution is 6.15. The van der Waals surface area contributed by atoms with Crippen molar-refractivity contribution in [2.24, 2.45) is 4.99 Å². The average molecular weight is 411 g/mol. The molecule has 3 atom stereocenters. The lowest BCUT2D eigenvalue weighted by Gasteiger charge is -2.38. The molecule has 1 saturated carbocycles.